The molecule has 0 radical (unpaired) electrons. The van der Waals surface area contributed by atoms with Gasteiger partial charge in [-0.15, -0.1) is 0 Å². The molecule has 5 heteroatoms. The highest BCUT2D eigenvalue weighted by Crippen LogP contribution is 2.11. The maximum absolute atomic E-state index is 12.7. The summed E-state index contributed by atoms with van der Waals surface area (Å²) in [5.41, 5.74) is 0. The largest absolute Gasteiger partial charge is 0.461 e. The summed E-state index contributed by atoms with van der Waals surface area (Å²) in [6, 6.07) is 0. The Bertz CT molecular complexity index is 1260. The van der Waals surface area contributed by atoms with Crippen molar-refractivity contribution in [3.63, 3.8) is 0 Å². The van der Waals surface area contributed by atoms with Crippen LogP contribution in [0, 0.1) is 0 Å². The Morgan fingerprint density at radius 2 is 0.800 bits per heavy atom. The van der Waals surface area contributed by atoms with Gasteiger partial charge in [0, 0.05) is 13.0 Å². The number of hydrogen-bond donors (Lipinski definition) is 0. The first-order valence-corrected chi connectivity index (χ1v) is 24.1. The molecule has 0 aromatic heterocycles. The van der Waals surface area contributed by atoms with Gasteiger partial charge in [0.2, 0.25) is 0 Å². The van der Waals surface area contributed by atoms with Crippen LogP contribution in [0.1, 0.15) is 188 Å². The Kier molecular flexibility index (Phi) is 46.6. The molecule has 0 aromatic carbocycles. The van der Waals surface area contributed by atoms with Gasteiger partial charge in [-0.05, 0) is 109 Å². The predicted molar refractivity (Wildman–Crippen MR) is 260 cm³/mol. The summed E-state index contributed by atoms with van der Waals surface area (Å²) in [7, 11) is 0. The molecule has 0 heterocycles. The molecule has 5 nitrogen and oxygen atoms in total. The summed E-state index contributed by atoms with van der Waals surface area (Å²) < 4.78 is 17.2. The van der Waals surface area contributed by atoms with Gasteiger partial charge in [0.25, 0.3) is 0 Å². The smallest absolute Gasteiger partial charge is 0.309 e. The number of hydrogen-bond acceptors (Lipinski definition) is 5. The predicted octanol–water partition coefficient (Wildman–Crippen LogP) is 16.2. The number of carbonyl (C=O) groups is 2. The number of ether oxygens (including phenoxy) is 3. The van der Waals surface area contributed by atoms with Crippen molar-refractivity contribution < 1.29 is 23.8 Å². The first kappa shape index (κ1) is 56.3. The molecule has 338 valence electrons. The fraction of sp³-hybridized carbons (Fsp3) is 0.600. The van der Waals surface area contributed by atoms with E-state index in [1.165, 1.54) is 51.4 Å². The maximum atomic E-state index is 12.7. The van der Waals surface area contributed by atoms with Crippen molar-refractivity contribution in [2.24, 2.45) is 0 Å². The standard InChI is InChI=1S/C55H88O5/c1-4-7-10-13-16-19-22-25-27-29-32-35-38-41-44-47-50-58-51-53(60-55(57)49-46-43-40-37-34-30-24-21-18-15-12-9-6-3)52-59-54(56)48-45-42-39-36-33-31-28-26-23-20-17-14-11-8-5-2/h8-9,11-12,16-21,25-28,30,33-34,36,42,45,53H,4-7,10,13-15,22-24,29,31-32,35,37-41,43-44,46-52H2,1-3H3/b11-8-,12-9-,19-16-,20-17-,21-18-,27-25-,28-26-,34-30-,36-33-,45-42-. The third-order valence-corrected chi connectivity index (χ3v) is 9.50. The van der Waals surface area contributed by atoms with Crippen LogP contribution in [0.4, 0.5) is 0 Å². The highest BCUT2D eigenvalue weighted by atomic mass is 16.6. The van der Waals surface area contributed by atoms with E-state index >= 15 is 0 Å². The molecule has 0 fully saturated rings. The van der Waals surface area contributed by atoms with Crippen molar-refractivity contribution in [2.45, 2.75) is 194 Å². The Morgan fingerprint density at radius 1 is 0.400 bits per heavy atom. The summed E-state index contributed by atoms with van der Waals surface area (Å²) in [4.78, 5) is 25.3. The van der Waals surface area contributed by atoms with Gasteiger partial charge in [-0.25, -0.2) is 0 Å². The summed E-state index contributed by atoms with van der Waals surface area (Å²) in [6.45, 7) is 7.39. The molecule has 0 bridgehead atoms. The van der Waals surface area contributed by atoms with Crippen LogP contribution >= 0.6 is 0 Å². The van der Waals surface area contributed by atoms with Crippen molar-refractivity contribution in [3.8, 4) is 0 Å². The average Bonchev–Trinajstić information content (AvgIpc) is 3.25. The lowest BCUT2D eigenvalue weighted by Crippen LogP contribution is -2.30. The Morgan fingerprint density at radius 3 is 1.28 bits per heavy atom. The quantitative estimate of drug-likeness (QED) is 0.0348. The first-order valence-electron chi connectivity index (χ1n) is 24.1. The number of esters is 2. The minimum atomic E-state index is -0.604. The molecule has 1 unspecified atom stereocenters. The third-order valence-electron chi connectivity index (χ3n) is 9.50. The average molecular weight is 829 g/mol. The zero-order valence-corrected chi connectivity index (χ0v) is 38.7. The van der Waals surface area contributed by atoms with Gasteiger partial charge >= 0.3 is 11.9 Å². The summed E-state index contributed by atoms with van der Waals surface area (Å²) in [5, 5.41) is 0. The summed E-state index contributed by atoms with van der Waals surface area (Å²) >= 11 is 0. The van der Waals surface area contributed by atoms with E-state index in [1.54, 1.807) is 0 Å². The molecule has 0 rings (SSSR count). The molecule has 0 saturated carbocycles. The molecule has 0 spiro atoms. The molecule has 0 aliphatic carbocycles. The molecule has 0 aliphatic heterocycles. The molecule has 1 atom stereocenters. The Labute approximate surface area is 369 Å². The second kappa shape index (κ2) is 49.7. The van der Waals surface area contributed by atoms with Crippen LogP contribution in [0.15, 0.2) is 122 Å². The molecule has 0 aromatic rings. The molecule has 0 N–H and O–H groups in total. The number of unbranched alkanes of at least 4 members (excludes halogenated alkanes) is 12. The Balaban J connectivity index is 4.48. The van der Waals surface area contributed by atoms with Crippen molar-refractivity contribution in [1.29, 1.82) is 0 Å². The van der Waals surface area contributed by atoms with Gasteiger partial charge in [0.1, 0.15) is 6.61 Å². The lowest BCUT2D eigenvalue weighted by atomic mass is 10.1. The SMILES string of the molecule is CC/C=C\C/C=C\C/C=C\C/C=C\C/C=C\CC(=O)OCC(COCCCCCCCC/C=C\C/C=C\CCCCC)OC(=O)CCCCC/C=C\C/C=C\C/C=C\CC. The van der Waals surface area contributed by atoms with E-state index in [2.05, 4.69) is 130 Å². The highest BCUT2D eigenvalue weighted by Gasteiger charge is 2.17. The molecule has 0 saturated heterocycles. The normalized spacial score (nSPS) is 13.3. The molecular weight excluding hydrogens is 741 g/mol. The molecule has 0 aliphatic rings. The van der Waals surface area contributed by atoms with Gasteiger partial charge in [0.15, 0.2) is 6.10 Å². The third kappa shape index (κ3) is 47.0. The minimum absolute atomic E-state index is 0.00705. The second-order valence-corrected chi connectivity index (χ2v) is 15.3. The fourth-order valence-corrected chi connectivity index (χ4v) is 5.98. The van der Waals surface area contributed by atoms with Gasteiger partial charge in [-0.2, -0.15) is 0 Å². The van der Waals surface area contributed by atoms with E-state index in [-0.39, 0.29) is 31.6 Å². The van der Waals surface area contributed by atoms with Gasteiger partial charge in [-0.3, -0.25) is 9.59 Å². The van der Waals surface area contributed by atoms with Gasteiger partial charge in [-0.1, -0.05) is 187 Å². The summed E-state index contributed by atoms with van der Waals surface area (Å²) in [6.07, 6.45) is 69.4. The van der Waals surface area contributed by atoms with Crippen LogP contribution in [0.3, 0.4) is 0 Å². The van der Waals surface area contributed by atoms with Crippen molar-refractivity contribution in [1.82, 2.24) is 0 Å². The lowest BCUT2D eigenvalue weighted by Gasteiger charge is -2.18. The van der Waals surface area contributed by atoms with Crippen LogP contribution in [0.5, 0.6) is 0 Å². The molecular formula is C55H88O5. The molecule has 60 heavy (non-hydrogen) atoms. The van der Waals surface area contributed by atoms with Crippen LogP contribution in [0.2, 0.25) is 0 Å². The van der Waals surface area contributed by atoms with Crippen LogP contribution in [-0.4, -0.2) is 37.9 Å². The number of allylic oxidation sites excluding steroid dienone is 19. The topological polar surface area (TPSA) is 61.8 Å². The highest BCUT2D eigenvalue weighted by molar-refractivity contribution is 5.71. The van der Waals surface area contributed by atoms with E-state index in [0.29, 0.717) is 13.0 Å². The van der Waals surface area contributed by atoms with Crippen LogP contribution < -0.4 is 0 Å². The zero-order valence-electron chi connectivity index (χ0n) is 38.7. The zero-order chi connectivity index (χ0) is 43.5. The first-order chi connectivity index (χ1) is 29.6. The van der Waals surface area contributed by atoms with E-state index in [0.717, 1.165) is 103 Å². The van der Waals surface area contributed by atoms with Gasteiger partial charge in [0.05, 0.1) is 13.0 Å². The van der Waals surface area contributed by atoms with E-state index in [9.17, 15) is 9.59 Å². The van der Waals surface area contributed by atoms with Gasteiger partial charge < -0.3 is 14.2 Å². The monoisotopic (exact) mass is 829 g/mol. The number of rotatable bonds is 42. The van der Waals surface area contributed by atoms with Crippen molar-refractivity contribution >= 4 is 11.9 Å². The fourth-order valence-electron chi connectivity index (χ4n) is 5.98. The minimum Gasteiger partial charge on any atom is -0.461 e. The van der Waals surface area contributed by atoms with Crippen LogP contribution in [-0.2, 0) is 23.8 Å². The molecule has 0 amide bonds. The lowest BCUT2D eigenvalue weighted by molar-refractivity contribution is -0.162. The van der Waals surface area contributed by atoms with Crippen molar-refractivity contribution in [2.75, 3.05) is 19.8 Å². The number of carbonyl (C=O) groups excluding carboxylic acids is 2. The van der Waals surface area contributed by atoms with E-state index < -0.39 is 6.10 Å². The second-order valence-electron chi connectivity index (χ2n) is 15.3. The van der Waals surface area contributed by atoms with Crippen molar-refractivity contribution in [3.05, 3.63) is 122 Å². The van der Waals surface area contributed by atoms with E-state index in [4.69, 9.17) is 14.2 Å². The van der Waals surface area contributed by atoms with Crippen LogP contribution in [0.25, 0.3) is 0 Å². The maximum Gasteiger partial charge on any atom is 0.309 e. The summed E-state index contributed by atoms with van der Waals surface area (Å²) in [5.74, 6) is -0.594. The Hall–Kier alpha value is -3.70. The van der Waals surface area contributed by atoms with E-state index in [1.807, 2.05) is 12.2 Å².